The van der Waals surface area contributed by atoms with Gasteiger partial charge in [-0.1, -0.05) is 18.2 Å². The first kappa shape index (κ1) is 13.8. The fraction of sp³-hybridized carbons (Fsp3) is 0.400. The van der Waals surface area contributed by atoms with Crippen LogP contribution in [0.5, 0.6) is 0 Å². The van der Waals surface area contributed by atoms with Gasteiger partial charge in [-0.2, -0.15) is 0 Å². The molecule has 102 valence electrons. The Morgan fingerprint density at radius 3 is 2.89 bits per heavy atom. The average Bonchev–Trinajstić information content (AvgIpc) is 2.37. The molecule has 0 spiro atoms. The zero-order valence-corrected chi connectivity index (χ0v) is 11.1. The molecule has 0 aromatic carbocycles. The third-order valence-corrected chi connectivity index (χ3v) is 3.45. The Bertz CT molecular complexity index is 506. The van der Waals surface area contributed by atoms with Crippen LogP contribution in [0.15, 0.2) is 47.3 Å². The second-order valence-electron chi connectivity index (χ2n) is 4.92. The number of hydrogen-bond donors (Lipinski definition) is 2. The maximum atomic E-state index is 12.1. The summed E-state index contributed by atoms with van der Waals surface area (Å²) < 4.78 is 5.46. The lowest BCUT2D eigenvalue weighted by atomic mass is 9.77. The van der Waals surface area contributed by atoms with Crippen molar-refractivity contribution in [3.05, 3.63) is 47.3 Å². The highest BCUT2D eigenvalue weighted by Crippen LogP contribution is 2.34. The molecular formula is C15H18O4. The third kappa shape index (κ3) is 2.55. The Morgan fingerprint density at radius 2 is 2.21 bits per heavy atom. The molecule has 19 heavy (non-hydrogen) atoms. The number of allylic oxidation sites excluding steroid dienone is 5. The Kier molecular flexibility index (Phi) is 3.73. The highest BCUT2D eigenvalue weighted by atomic mass is 16.5. The van der Waals surface area contributed by atoms with Gasteiger partial charge < -0.3 is 14.9 Å². The molecule has 0 saturated carbocycles. The topological polar surface area (TPSA) is 66.8 Å². The van der Waals surface area contributed by atoms with E-state index in [9.17, 15) is 15.0 Å². The zero-order chi connectivity index (χ0) is 14.0. The SMILES string of the molecule is C/C=C/C=C/C1=CC2=C(CO1)C(=O)[C@@](C)(O)[C@@H](O)C2. The lowest BCUT2D eigenvalue weighted by molar-refractivity contribution is -0.145. The number of aliphatic hydroxyl groups excluding tert-OH is 1. The van der Waals surface area contributed by atoms with E-state index in [1.807, 2.05) is 25.2 Å². The molecular weight excluding hydrogens is 244 g/mol. The van der Waals surface area contributed by atoms with Gasteiger partial charge in [-0.15, -0.1) is 0 Å². The van der Waals surface area contributed by atoms with Crippen molar-refractivity contribution in [2.45, 2.75) is 32.0 Å². The van der Waals surface area contributed by atoms with E-state index in [0.717, 1.165) is 5.57 Å². The Morgan fingerprint density at radius 1 is 1.47 bits per heavy atom. The fourth-order valence-corrected chi connectivity index (χ4v) is 2.16. The van der Waals surface area contributed by atoms with Crippen molar-refractivity contribution >= 4 is 5.78 Å². The summed E-state index contributed by atoms with van der Waals surface area (Å²) in [6.45, 7) is 3.40. The van der Waals surface area contributed by atoms with Gasteiger partial charge in [0, 0.05) is 12.0 Å². The lowest BCUT2D eigenvalue weighted by Crippen LogP contribution is -2.51. The molecule has 4 nitrogen and oxygen atoms in total. The van der Waals surface area contributed by atoms with Crippen molar-refractivity contribution < 1.29 is 19.7 Å². The number of hydrogen-bond acceptors (Lipinski definition) is 4. The van der Waals surface area contributed by atoms with E-state index in [1.54, 1.807) is 12.2 Å². The van der Waals surface area contributed by atoms with Gasteiger partial charge in [-0.25, -0.2) is 0 Å². The van der Waals surface area contributed by atoms with Crippen molar-refractivity contribution in [2.75, 3.05) is 6.61 Å². The molecule has 1 heterocycles. The summed E-state index contributed by atoms with van der Waals surface area (Å²) in [6.07, 6.45) is 8.35. The number of ketones is 1. The molecule has 0 amide bonds. The molecule has 2 rings (SSSR count). The Hall–Kier alpha value is -1.65. The predicted octanol–water partition coefficient (Wildman–Crippen LogP) is 1.41. The van der Waals surface area contributed by atoms with E-state index in [4.69, 9.17) is 4.74 Å². The van der Waals surface area contributed by atoms with Gasteiger partial charge in [-0.3, -0.25) is 4.79 Å². The molecule has 1 aliphatic carbocycles. The summed E-state index contributed by atoms with van der Waals surface area (Å²) in [4.78, 5) is 12.1. The Balaban J connectivity index is 2.29. The monoisotopic (exact) mass is 262 g/mol. The molecule has 0 saturated heterocycles. The zero-order valence-electron chi connectivity index (χ0n) is 11.1. The predicted molar refractivity (Wildman–Crippen MR) is 71.3 cm³/mol. The first-order valence-corrected chi connectivity index (χ1v) is 6.28. The molecule has 0 radical (unpaired) electrons. The van der Waals surface area contributed by atoms with E-state index in [-0.39, 0.29) is 13.0 Å². The van der Waals surface area contributed by atoms with Crippen LogP contribution in [0.3, 0.4) is 0 Å². The maximum Gasteiger partial charge on any atom is 0.196 e. The van der Waals surface area contributed by atoms with Crippen LogP contribution >= 0.6 is 0 Å². The molecule has 0 fully saturated rings. The normalized spacial score (nSPS) is 31.7. The van der Waals surface area contributed by atoms with Crippen LogP contribution in [-0.2, 0) is 9.53 Å². The van der Waals surface area contributed by atoms with Crippen LogP contribution in [0.4, 0.5) is 0 Å². The van der Waals surface area contributed by atoms with E-state index < -0.39 is 17.5 Å². The second-order valence-corrected chi connectivity index (χ2v) is 4.92. The summed E-state index contributed by atoms with van der Waals surface area (Å²) in [5, 5.41) is 19.8. The maximum absolute atomic E-state index is 12.1. The fourth-order valence-electron chi connectivity index (χ4n) is 2.16. The highest BCUT2D eigenvalue weighted by molar-refractivity contribution is 6.04. The van der Waals surface area contributed by atoms with Crippen LogP contribution in [0.1, 0.15) is 20.3 Å². The number of rotatable bonds is 2. The largest absolute Gasteiger partial charge is 0.489 e. The van der Waals surface area contributed by atoms with Gasteiger partial charge in [0.15, 0.2) is 11.4 Å². The van der Waals surface area contributed by atoms with Crippen LogP contribution < -0.4 is 0 Å². The van der Waals surface area contributed by atoms with E-state index >= 15 is 0 Å². The van der Waals surface area contributed by atoms with Gasteiger partial charge in [0.2, 0.25) is 0 Å². The van der Waals surface area contributed by atoms with Crippen molar-refractivity contribution in [1.82, 2.24) is 0 Å². The van der Waals surface area contributed by atoms with Crippen molar-refractivity contribution in [3.63, 3.8) is 0 Å². The smallest absolute Gasteiger partial charge is 0.196 e. The number of Topliss-reactive ketones (excluding diaryl/α,β-unsaturated/α-hetero) is 1. The van der Waals surface area contributed by atoms with E-state index in [0.29, 0.717) is 11.3 Å². The van der Waals surface area contributed by atoms with E-state index in [1.165, 1.54) is 6.92 Å². The minimum Gasteiger partial charge on any atom is -0.489 e. The molecule has 0 unspecified atom stereocenters. The molecule has 2 N–H and O–H groups in total. The molecule has 2 aliphatic rings. The summed E-state index contributed by atoms with van der Waals surface area (Å²) in [6, 6.07) is 0. The molecule has 2 atom stereocenters. The minimum atomic E-state index is -1.71. The summed E-state index contributed by atoms with van der Waals surface area (Å²) in [7, 11) is 0. The number of ether oxygens (including phenoxy) is 1. The number of aliphatic hydroxyl groups is 2. The van der Waals surface area contributed by atoms with Crippen LogP contribution in [-0.4, -0.2) is 34.3 Å². The number of carbonyl (C=O) groups is 1. The quantitative estimate of drug-likeness (QED) is 0.738. The summed E-state index contributed by atoms with van der Waals surface area (Å²) in [5.41, 5.74) is -0.511. The highest BCUT2D eigenvalue weighted by Gasteiger charge is 2.45. The standard InChI is InChI=1S/C15H18O4/c1-3-4-5-6-11-7-10-8-13(16)15(2,18)14(17)12(10)9-19-11/h3-7,13,16,18H,8-9H2,1-2H3/b4-3+,6-5+/t13-,15-/m0/s1. The van der Waals surface area contributed by atoms with Crippen LogP contribution in [0, 0.1) is 0 Å². The lowest BCUT2D eigenvalue weighted by Gasteiger charge is -2.35. The average molecular weight is 262 g/mol. The molecule has 0 aromatic rings. The summed E-state index contributed by atoms with van der Waals surface area (Å²) >= 11 is 0. The van der Waals surface area contributed by atoms with Crippen molar-refractivity contribution in [2.24, 2.45) is 0 Å². The van der Waals surface area contributed by atoms with Crippen molar-refractivity contribution in [3.8, 4) is 0 Å². The third-order valence-electron chi connectivity index (χ3n) is 3.45. The Labute approximate surface area is 112 Å². The van der Waals surface area contributed by atoms with Crippen molar-refractivity contribution in [1.29, 1.82) is 0 Å². The minimum absolute atomic E-state index is 0.142. The number of carbonyl (C=O) groups excluding carboxylic acids is 1. The van der Waals surface area contributed by atoms with Gasteiger partial charge in [0.1, 0.15) is 12.4 Å². The van der Waals surface area contributed by atoms with E-state index in [2.05, 4.69) is 0 Å². The summed E-state index contributed by atoms with van der Waals surface area (Å²) in [5.74, 6) is 0.201. The molecule has 4 heteroatoms. The van der Waals surface area contributed by atoms with Gasteiger partial charge >= 0.3 is 0 Å². The molecule has 0 aromatic heterocycles. The first-order chi connectivity index (χ1) is 8.96. The second kappa shape index (κ2) is 5.15. The van der Waals surface area contributed by atoms with Gasteiger partial charge in [0.05, 0.1) is 6.10 Å². The van der Waals surface area contributed by atoms with Gasteiger partial charge in [-0.05, 0) is 31.6 Å². The van der Waals surface area contributed by atoms with Gasteiger partial charge in [0.25, 0.3) is 0 Å². The first-order valence-electron chi connectivity index (χ1n) is 6.28. The van der Waals surface area contributed by atoms with Crippen LogP contribution in [0.2, 0.25) is 0 Å². The molecule has 0 bridgehead atoms. The molecule has 1 aliphatic heterocycles. The van der Waals surface area contributed by atoms with Crippen LogP contribution in [0.25, 0.3) is 0 Å².